The molecule has 2 atom stereocenters. The van der Waals surface area contributed by atoms with Crippen molar-refractivity contribution in [1.29, 1.82) is 0 Å². The van der Waals surface area contributed by atoms with Crippen LogP contribution in [0.1, 0.15) is 68.2 Å². The van der Waals surface area contributed by atoms with Crippen molar-refractivity contribution in [2.75, 3.05) is 0 Å². The van der Waals surface area contributed by atoms with Crippen molar-refractivity contribution in [3.8, 4) is 0 Å². The molecule has 1 fully saturated rings. The Balaban J connectivity index is 2.13. The van der Waals surface area contributed by atoms with Gasteiger partial charge >= 0.3 is 0 Å². The average molecular weight is 223 g/mol. The van der Waals surface area contributed by atoms with E-state index in [1.165, 1.54) is 35.6 Å². The number of nitrogens with zero attached hydrogens (tertiary/aromatic N) is 1. The standard InChI is InChI=1S/C13H21NS/c1-9(2)13-14-8-12(15-13)11-7-5-4-6-10(11)3/h8-11H,4-7H2,1-3H3. The maximum Gasteiger partial charge on any atom is 0.0953 e. The van der Waals surface area contributed by atoms with Gasteiger partial charge < -0.3 is 0 Å². The van der Waals surface area contributed by atoms with Gasteiger partial charge in [0.1, 0.15) is 0 Å². The van der Waals surface area contributed by atoms with Crippen LogP contribution < -0.4 is 0 Å². The van der Waals surface area contributed by atoms with Crippen LogP contribution >= 0.6 is 11.3 Å². The summed E-state index contributed by atoms with van der Waals surface area (Å²) < 4.78 is 0. The van der Waals surface area contributed by atoms with Gasteiger partial charge in [0, 0.05) is 17.0 Å². The van der Waals surface area contributed by atoms with Crippen LogP contribution in [-0.4, -0.2) is 4.98 Å². The molecule has 1 heterocycles. The maximum absolute atomic E-state index is 4.54. The summed E-state index contributed by atoms with van der Waals surface area (Å²) in [5, 5.41) is 1.31. The number of hydrogen-bond donors (Lipinski definition) is 0. The van der Waals surface area contributed by atoms with Crippen LogP contribution in [0.25, 0.3) is 0 Å². The molecule has 1 aromatic rings. The molecule has 84 valence electrons. The van der Waals surface area contributed by atoms with Crippen molar-refractivity contribution < 1.29 is 0 Å². The predicted molar refractivity (Wildman–Crippen MR) is 66.6 cm³/mol. The summed E-state index contributed by atoms with van der Waals surface area (Å²) in [7, 11) is 0. The van der Waals surface area contributed by atoms with Gasteiger partial charge in [0.05, 0.1) is 5.01 Å². The smallest absolute Gasteiger partial charge is 0.0953 e. The highest BCUT2D eigenvalue weighted by atomic mass is 32.1. The third kappa shape index (κ3) is 2.41. The molecule has 1 saturated carbocycles. The zero-order chi connectivity index (χ0) is 10.8. The molecule has 0 bridgehead atoms. The Morgan fingerprint density at radius 2 is 2.07 bits per heavy atom. The van der Waals surface area contributed by atoms with Gasteiger partial charge in [-0.1, -0.05) is 40.0 Å². The summed E-state index contributed by atoms with van der Waals surface area (Å²) in [6, 6.07) is 0. The van der Waals surface area contributed by atoms with E-state index in [-0.39, 0.29) is 0 Å². The quantitative estimate of drug-likeness (QED) is 0.716. The van der Waals surface area contributed by atoms with Gasteiger partial charge in [-0.3, -0.25) is 0 Å². The van der Waals surface area contributed by atoms with E-state index in [9.17, 15) is 0 Å². The Morgan fingerprint density at radius 1 is 1.33 bits per heavy atom. The van der Waals surface area contributed by atoms with Crippen LogP contribution in [0.15, 0.2) is 6.20 Å². The molecule has 0 saturated heterocycles. The lowest BCUT2D eigenvalue weighted by Gasteiger charge is -2.27. The van der Waals surface area contributed by atoms with Gasteiger partial charge in [0.15, 0.2) is 0 Å². The Hall–Kier alpha value is -0.370. The summed E-state index contributed by atoms with van der Waals surface area (Å²) in [6.45, 7) is 6.86. The number of aromatic nitrogens is 1. The molecule has 1 aliphatic carbocycles. The second-order valence-corrected chi connectivity index (χ2v) is 6.22. The van der Waals surface area contributed by atoms with Gasteiger partial charge in [0.25, 0.3) is 0 Å². The monoisotopic (exact) mass is 223 g/mol. The Kier molecular flexibility index (Phi) is 3.45. The Labute approximate surface area is 96.9 Å². The molecule has 1 aliphatic rings. The molecular weight excluding hydrogens is 202 g/mol. The van der Waals surface area contributed by atoms with Gasteiger partial charge in [-0.05, 0) is 18.3 Å². The number of rotatable bonds is 2. The van der Waals surface area contributed by atoms with Crippen LogP contribution in [-0.2, 0) is 0 Å². The first kappa shape index (κ1) is 11.1. The summed E-state index contributed by atoms with van der Waals surface area (Å²) >= 11 is 1.94. The van der Waals surface area contributed by atoms with E-state index < -0.39 is 0 Å². The van der Waals surface area contributed by atoms with Gasteiger partial charge in [-0.15, -0.1) is 11.3 Å². The fourth-order valence-corrected chi connectivity index (χ4v) is 3.67. The van der Waals surface area contributed by atoms with Crippen molar-refractivity contribution in [2.45, 2.75) is 58.3 Å². The first-order valence-electron chi connectivity index (χ1n) is 6.14. The topological polar surface area (TPSA) is 12.9 Å². The second-order valence-electron chi connectivity index (χ2n) is 5.12. The lowest BCUT2D eigenvalue weighted by atomic mass is 9.80. The Bertz CT molecular complexity index is 316. The van der Waals surface area contributed by atoms with E-state index in [4.69, 9.17) is 0 Å². The number of thiazole rings is 1. The maximum atomic E-state index is 4.54. The third-order valence-corrected chi connectivity index (χ3v) is 4.94. The first-order valence-corrected chi connectivity index (χ1v) is 6.95. The zero-order valence-corrected chi connectivity index (χ0v) is 10.8. The molecule has 0 aromatic carbocycles. The van der Waals surface area contributed by atoms with E-state index in [1.54, 1.807) is 0 Å². The fourth-order valence-electron chi connectivity index (χ4n) is 2.48. The van der Waals surface area contributed by atoms with E-state index in [1.807, 2.05) is 11.3 Å². The zero-order valence-electron chi connectivity index (χ0n) is 9.99. The minimum Gasteiger partial charge on any atom is -0.249 e. The first-order chi connectivity index (χ1) is 7.18. The minimum atomic E-state index is 0.586. The largest absolute Gasteiger partial charge is 0.249 e. The lowest BCUT2D eigenvalue weighted by molar-refractivity contribution is 0.334. The second kappa shape index (κ2) is 4.65. The van der Waals surface area contributed by atoms with Crippen LogP contribution in [0.4, 0.5) is 0 Å². The molecule has 2 unspecified atom stereocenters. The lowest BCUT2D eigenvalue weighted by Crippen LogP contribution is -2.13. The van der Waals surface area contributed by atoms with Crippen molar-refractivity contribution in [2.24, 2.45) is 5.92 Å². The molecule has 0 aliphatic heterocycles. The predicted octanol–water partition coefficient (Wildman–Crippen LogP) is 4.56. The van der Waals surface area contributed by atoms with Gasteiger partial charge in [0.2, 0.25) is 0 Å². The Morgan fingerprint density at radius 3 is 2.67 bits per heavy atom. The fraction of sp³-hybridized carbons (Fsp3) is 0.769. The molecule has 0 radical (unpaired) electrons. The third-order valence-electron chi connectivity index (χ3n) is 3.51. The molecule has 2 heteroatoms. The molecule has 0 amide bonds. The van der Waals surface area contributed by atoms with Crippen molar-refractivity contribution in [1.82, 2.24) is 4.98 Å². The molecule has 1 aromatic heterocycles. The van der Waals surface area contributed by atoms with E-state index in [0.29, 0.717) is 5.92 Å². The normalized spacial score (nSPS) is 27.2. The summed E-state index contributed by atoms with van der Waals surface area (Å²) in [5.74, 6) is 2.24. The van der Waals surface area contributed by atoms with Gasteiger partial charge in [-0.25, -0.2) is 4.98 Å². The van der Waals surface area contributed by atoms with Crippen molar-refractivity contribution >= 4 is 11.3 Å². The van der Waals surface area contributed by atoms with Crippen LogP contribution in [0.3, 0.4) is 0 Å². The van der Waals surface area contributed by atoms with Crippen LogP contribution in [0, 0.1) is 5.92 Å². The SMILES string of the molecule is CC(C)c1ncc(C2CCCCC2C)s1. The molecule has 1 nitrogen and oxygen atoms in total. The van der Waals surface area contributed by atoms with Crippen molar-refractivity contribution in [3.05, 3.63) is 16.1 Å². The summed E-state index contributed by atoms with van der Waals surface area (Å²) in [4.78, 5) is 6.08. The van der Waals surface area contributed by atoms with Crippen LogP contribution in [0.5, 0.6) is 0 Å². The highest BCUT2D eigenvalue weighted by molar-refractivity contribution is 7.11. The highest BCUT2D eigenvalue weighted by Gasteiger charge is 2.24. The number of hydrogen-bond acceptors (Lipinski definition) is 2. The molecular formula is C13H21NS. The minimum absolute atomic E-state index is 0.586. The van der Waals surface area contributed by atoms with Crippen LogP contribution in [0.2, 0.25) is 0 Å². The highest BCUT2D eigenvalue weighted by Crippen LogP contribution is 2.40. The van der Waals surface area contributed by atoms with E-state index >= 15 is 0 Å². The summed E-state index contributed by atoms with van der Waals surface area (Å²) in [5.41, 5.74) is 0. The molecule has 0 N–H and O–H groups in total. The molecule has 15 heavy (non-hydrogen) atoms. The molecule has 0 spiro atoms. The van der Waals surface area contributed by atoms with E-state index in [0.717, 1.165) is 11.8 Å². The van der Waals surface area contributed by atoms with Gasteiger partial charge in [-0.2, -0.15) is 0 Å². The van der Waals surface area contributed by atoms with Crippen molar-refractivity contribution in [3.63, 3.8) is 0 Å². The van der Waals surface area contributed by atoms with E-state index in [2.05, 4.69) is 32.0 Å². The average Bonchev–Trinajstić information content (AvgIpc) is 2.67. The molecule has 2 rings (SSSR count). The summed E-state index contributed by atoms with van der Waals surface area (Å²) in [6.07, 6.45) is 7.74.